The zero-order chi connectivity index (χ0) is 13.5. The Kier molecular flexibility index (Phi) is 4.34. The Morgan fingerprint density at radius 2 is 2.05 bits per heavy atom. The van der Waals surface area contributed by atoms with Gasteiger partial charge in [-0.15, -0.1) is 0 Å². The molecule has 98 valence electrons. The molecule has 0 radical (unpaired) electrons. The molecular weight excluding hydrogens is 242 g/mol. The Balaban J connectivity index is 1.74. The molecule has 3 N–H and O–H groups in total. The molecule has 0 saturated carbocycles. The molecular formula is C14H15N3O2. The van der Waals surface area contributed by atoms with Gasteiger partial charge in [-0.3, -0.25) is 9.78 Å². The summed E-state index contributed by atoms with van der Waals surface area (Å²) >= 11 is 0. The molecule has 2 rings (SSSR count). The van der Waals surface area contributed by atoms with Gasteiger partial charge in [-0.2, -0.15) is 0 Å². The maximum Gasteiger partial charge on any atom is 0.258 e. The number of nitrogens with one attached hydrogen (secondary N) is 1. The van der Waals surface area contributed by atoms with Crippen LogP contribution in [-0.4, -0.2) is 17.5 Å². The van der Waals surface area contributed by atoms with Crippen LogP contribution in [0.4, 0.5) is 5.69 Å². The molecule has 5 nitrogen and oxygen atoms in total. The van der Waals surface area contributed by atoms with Crippen molar-refractivity contribution in [1.29, 1.82) is 0 Å². The van der Waals surface area contributed by atoms with Crippen molar-refractivity contribution in [2.45, 2.75) is 6.54 Å². The molecule has 0 aliphatic rings. The van der Waals surface area contributed by atoms with Crippen molar-refractivity contribution in [3.05, 3.63) is 54.4 Å². The maximum absolute atomic E-state index is 11.6. The van der Waals surface area contributed by atoms with Crippen molar-refractivity contribution in [3.63, 3.8) is 0 Å². The van der Waals surface area contributed by atoms with Crippen molar-refractivity contribution in [2.24, 2.45) is 0 Å². The Morgan fingerprint density at radius 1 is 1.26 bits per heavy atom. The Morgan fingerprint density at radius 3 is 2.74 bits per heavy atom. The second kappa shape index (κ2) is 6.39. The fourth-order valence-corrected chi connectivity index (χ4v) is 1.47. The highest BCUT2D eigenvalue weighted by molar-refractivity contribution is 5.77. The quantitative estimate of drug-likeness (QED) is 0.793. The number of carbonyl (C=O) groups is 1. The summed E-state index contributed by atoms with van der Waals surface area (Å²) in [5.74, 6) is 0.436. The van der Waals surface area contributed by atoms with Crippen LogP contribution in [0, 0.1) is 0 Å². The number of pyridine rings is 1. The highest BCUT2D eigenvalue weighted by Crippen LogP contribution is 2.12. The Labute approximate surface area is 111 Å². The number of ether oxygens (including phenoxy) is 1. The molecule has 0 saturated heterocycles. The number of nitrogen functional groups attached to an aromatic ring is 1. The molecule has 0 aliphatic heterocycles. The number of hydrogen-bond acceptors (Lipinski definition) is 4. The van der Waals surface area contributed by atoms with Crippen LogP contribution in [0.3, 0.4) is 0 Å². The summed E-state index contributed by atoms with van der Waals surface area (Å²) in [4.78, 5) is 15.5. The summed E-state index contributed by atoms with van der Waals surface area (Å²) in [7, 11) is 0. The monoisotopic (exact) mass is 257 g/mol. The lowest BCUT2D eigenvalue weighted by Gasteiger charge is -2.07. The number of carbonyl (C=O) groups excluding carboxylic acids is 1. The van der Waals surface area contributed by atoms with Crippen LogP contribution in [0.2, 0.25) is 0 Å². The van der Waals surface area contributed by atoms with Gasteiger partial charge in [-0.1, -0.05) is 6.07 Å². The van der Waals surface area contributed by atoms with Gasteiger partial charge in [0.15, 0.2) is 6.61 Å². The first-order chi connectivity index (χ1) is 9.24. The number of amides is 1. The third kappa shape index (κ3) is 4.31. The smallest absolute Gasteiger partial charge is 0.258 e. The van der Waals surface area contributed by atoms with Crippen molar-refractivity contribution in [2.75, 3.05) is 12.3 Å². The minimum atomic E-state index is -0.180. The van der Waals surface area contributed by atoms with Crippen LogP contribution in [-0.2, 0) is 11.3 Å². The van der Waals surface area contributed by atoms with Gasteiger partial charge in [-0.05, 0) is 35.9 Å². The first kappa shape index (κ1) is 12.9. The minimum absolute atomic E-state index is 0.0236. The number of aromatic nitrogens is 1. The first-order valence-electron chi connectivity index (χ1n) is 5.88. The molecule has 0 atom stereocenters. The fraction of sp³-hybridized carbons (Fsp3) is 0.143. The van der Waals surface area contributed by atoms with E-state index in [-0.39, 0.29) is 12.5 Å². The molecule has 19 heavy (non-hydrogen) atoms. The molecule has 0 aliphatic carbocycles. The topological polar surface area (TPSA) is 77.2 Å². The summed E-state index contributed by atoms with van der Waals surface area (Å²) in [5.41, 5.74) is 7.16. The number of nitrogens with two attached hydrogens (primary N) is 1. The predicted octanol–water partition coefficient (Wildman–Crippen LogP) is 1.36. The number of hydrogen-bond donors (Lipinski definition) is 2. The lowest BCUT2D eigenvalue weighted by Crippen LogP contribution is -2.28. The van der Waals surface area contributed by atoms with Crippen molar-refractivity contribution in [3.8, 4) is 5.75 Å². The highest BCUT2D eigenvalue weighted by atomic mass is 16.5. The second-order valence-corrected chi connectivity index (χ2v) is 4.00. The normalized spacial score (nSPS) is 9.89. The summed E-state index contributed by atoms with van der Waals surface area (Å²) in [5, 5.41) is 2.75. The average Bonchev–Trinajstić information content (AvgIpc) is 2.45. The largest absolute Gasteiger partial charge is 0.484 e. The van der Waals surface area contributed by atoms with E-state index < -0.39 is 0 Å². The number of rotatable bonds is 5. The van der Waals surface area contributed by atoms with E-state index >= 15 is 0 Å². The van der Waals surface area contributed by atoms with E-state index in [1.54, 1.807) is 36.7 Å². The zero-order valence-corrected chi connectivity index (χ0v) is 10.4. The predicted molar refractivity (Wildman–Crippen MR) is 72.4 cm³/mol. The van der Waals surface area contributed by atoms with E-state index in [0.717, 1.165) is 5.56 Å². The summed E-state index contributed by atoms with van der Waals surface area (Å²) in [6.45, 7) is 0.419. The summed E-state index contributed by atoms with van der Waals surface area (Å²) in [6.07, 6.45) is 3.40. The SMILES string of the molecule is Nc1ccc(OCC(=O)NCc2cccnc2)cc1. The van der Waals surface area contributed by atoms with Gasteiger partial charge in [0.1, 0.15) is 5.75 Å². The minimum Gasteiger partial charge on any atom is -0.484 e. The van der Waals surface area contributed by atoms with E-state index in [2.05, 4.69) is 10.3 Å². The van der Waals surface area contributed by atoms with Crippen LogP contribution in [0.25, 0.3) is 0 Å². The van der Waals surface area contributed by atoms with Gasteiger partial charge in [0.25, 0.3) is 5.91 Å². The standard InChI is InChI=1S/C14H15N3O2/c15-12-3-5-13(6-4-12)19-10-14(18)17-9-11-2-1-7-16-8-11/h1-8H,9-10,15H2,(H,17,18). The average molecular weight is 257 g/mol. The lowest BCUT2D eigenvalue weighted by atomic mass is 10.3. The molecule has 1 aromatic heterocycles. The van der Waals surface area contributed by atoms with Gasteiger partial charge in [0.2, 0.25) is 0 Å². The molecule has 1 aromatic carbocycles. The van der Waals surface area contributed by atoms with E-state index in [1.165, 1.54) is 0 Å². The van der Waals surface area contributed by atoms with Gasteiger partial charge in [0.05, 0.1) is 0 Å². The number of benzene rings is 1. The highest BCUT2D eigenvalue weighted by Gasteiger charge is 2.02. The van der Waals surface area contributed by atoms with Gasteiger partial charge in [0, 0.05) is 24.6 Å². The fourth-order valence-electron chi connectivity index (χ4n) is 1.47. The van der Waals surface area contributed by atoms with E-state index in [1.807, 2.05) is 12.1 Å². The van der Waals surface area contributed by atoms with Crippen molar-refractivity contribution >= 4 is 11.6 Å². The third-order valence-corrected chi connectivity index (χ3v) is 2.46. The molecule has 5 heteroatoms. The van der Waals surface area contributed by atoms with E-state index in [0.29, 0.717) is 18.0 Å². The molecule has 0 fully saturated rings. The molecule has 0 spiro atoms. The summed E-state index contributed by atoms with van der Waals surface area (Å²) in [6, 6.07) is 10.6. The van der Waals surface area contributed by atoms with Gasteiger partial charge < -0.3 is 15.8 Å². The van der Waals surface area contributed by atoms with E-state index in [4.69, 9.17) is 10.5 Å². The molecule has 0 bridgehead atoms. The van der Waals surface area contributed by atoms with Crippen LogP contribution in [0.1, 0.15) is 5.56 Å². The third-order valence-electron chi connectivity index (χ3n) is 2.46. The van der Waals surface area contributed by atoms with Crippen LogP contribution < -0.4 is 15.8 Å². The maximum atomic E-state index is 11.6. The van der Waals surface area contributed by atoms with Gasteiger partial charge >= 0.3 is 0 Å². The lowest BCUT2D eigenvalue weighted by molar-refractivity contribution is -0.123. The number of anilines is 1. The van der Waals surface area contributed by atoms with E-state index in [9.17, 15) is 4.79 Å². The van der Waals surface area contributed by atoms with Crippen molar-refractivity contribution in [1.82, 2.24) is 10.3 Å². The molecule has 1 heterocycles. The molecule has 2 aromatic rings. The van der Waals surface area contributed by atoms with Crippen LogP contribution in [0.5, 0.6) is 5.75 Å². The van der Waals surface area contributed by atoms with Crippen LogP contribution >= 0.6 is 0 Å². The van der Waals surface area contributed by atoms with Crippen molar-refractivity contribution < 1.29 is 9.53 Å². The second-order valence-electron chi connectivity index (χ2n) is 4.00. The number of nitrogens with zero attached hydrogens (tertiary/aromatic N) is 1. The van der Waals surface area contributed by atoms with Crippen LogP contribution in [0.15, 0.2) is 48.8 Å². The summed E-state index contributed by atoms with van der Waals surface area (Å²) < 4.78 is 5.33. The first-order valence-corrected chi connectivity index (χ1v) is 5.88. The Hall–Kier alpha value is -2.56. The molecule has 0 unspecified atom stereocenters. The zero-order valence-electron chi connectivity index (χ0n) is 10.4. The van der Waals surface area contributed by atoms with Gasteiger partial charge in [-0.25, -0.2) is 0 Å². The Bertz CT molecular complexity index is 526. The molecule has 1 amide bonds.